The number of hydrogen-bond acceptors (Lipinski definition) is 2. The molecule has 0 aliphatic rings. The summed E-state index contributed by atoms with van der Waals surface area (Å²) in [6, 6.07) is 5.44. The number of fused-ring (bicyclic) bond motifs is 1. The lowest BCUT2D eigenvalue weighted by molar-refractivity contribution is 0.501. The van der Waals surface area contributed by atoms with Gasteiger partial charge in [-0.2, -0.15) is 0 Å². The topological polar surface area (TPSA) is 30.2 Å². The highest BCUT2D eigenvalue weighted by atomic mass is 19.4. The van der Waals surface area contributed by atoms with Gasteiger partial charge in [0.1, 0.15) is 5.58 Å². The first-order valence-corrected chi connectivity index (χ1v) is 4.20. The summed E-state index contributed by atoms with van der Waals surface area (Å²) < 4.78 is 41.8. The van der Waals surface area contributed by atoms with Gasteiger partial charge in [0, 0.05) is 11.5 Å². The quantitative estimate of drug-likeness (QED) is 0.534. The minimum atomic E-state index is -5.01. The Balaban J connectivity index is 2.67. The highest BCUT2D eigenvalue weighted by molar-refractivity contribution is 6.73. The zero-order valence-corrected chi connectivity index (χ0v) is 7.41. The van der Waals surface area contributed by atoms with Crippen molar-refractivity contribution in [2.75, 3.05) is 0 Å². The molecule has 0 fully saturated rings. The van der Waals surface area contributed by atoms with E-state index in [0.717, 1.165) is 24.3 Å². The Bertz CT molecular complexity index is 559. The Morgan fingerprint density at radius 1 is 1.07 bits per heavy atom. The molecule has 0 amide bonds. The van der Waals surface area contributed by atoms with Gasteiger partial charge < -0.3 is 17.4 Å². The van der Waals surface area contributed by atoms with Crippen molar-refractivity contribution in [3.05, 3.63) is 40.8 Å². The van der Waals surface area contributed by atoms with Gasteiger partial charge >= 0.3 is 12.6 Å². The van der Waals surface area contributed by atoms with Gasteiger partial charge in [-0.25, -0.2) is 4.79 Å². The van der Waals surface area contributed by atoms with Crippen LogP contribution in [0.3, 0.4) is 0 Å². The Hall–Kier alpha value is -1.72. The van der Waals surface area contributed by atoms with E-state index >= 15 is 0 Å². The van der Waals surface area contributed by atoms with Crippen molar-refractivity contribution in [2.24, 2.45) is 0 Å². The molecule has 78 valence electrons. The molecule has 2 rings (SSSR count). The summed E-state index contributed by atoms with van der Waals surface area (Å²) in [6.07, 6.45) is 0. The summed E-state index contributed by atoms with van der Waals surface area (Å²) >= 11 is 0. The third-order valence-corrected chi connectivity index (χ3v) is 2.02. The zero-order chi connectivity index (χ0) is 11.1. The van der Waals surface area contributed by atoms with E-state index in [-0.39, 0.29) is 11.0 Å². The Kier molecular flexibility index (Phi) is 2.06. The average molecular weight is 213 g/mol. The third-order valence-electron chi connectivity index (χ3n) is 2.02. The largest absolute Gasteiger partial charge is 0.509 e. The lowest BCUT2D eigenvalue weighted by Gasteiger charge is -2.14. The molecule has 0 saturated carbocycles. The molecule has 0 atom stereocenters. The lowest BCUT2D eigenvalue weighted by atomic mass is 9.80. The van der Waals surface area contributed by atoms with E-state index < -0.39 is 18.1 Å². The molecule has 2 nitrogen and oxygen atoms in total. The van der Waals surface area contributed by atoms with E-state index in [4.69, 9.17) is 4.42 Å². The molecule has 0 aliphatic heterocycles. The molecular formula is C9H5BF3O2-. The summed E-state index contributed by atoms with van der Waals surface area (Å²) in [7, 11) is 0. The second-order valence-corrected chi connectivity index (χ2v) is 3.13. The van der Waals surface area contributed by atoms with Crippen LogP contribution in [0.4, 0.5) is 12.9 Å². The summed E-state index contributed by atoms with van der Waals surface area (Å²) in [5, 5.41) is 0.270. The highest BCUT2D eigenvalue weighted by Gasteiger charge is 2.25. The Morgan fingerprint density at radius 2 is 1.80 bits per heavy atom. The van der Waals surface area contributed by atoms with E-state index in [9.17, 15) is 17.7 Å². The summed E-state index contributed by atoms with van der Waals surface area (Å²) in [4.78, 5) is 10.8. The van der Waals surface area contributed by atoms with Gasteiger partial charge in [0.25, 0.3) is 0 Å². The van der Waals surface area contributed by atoms with E-state index in [2.05, 4.69) is 0 Å². The van der Waals surface area contributed by atoms with Crippen LogP contribution in [0.15, 0.2) is 39.5 Å². The molecule has 0 aliphatic carbocycles. The van der Waals surface area contributed by atoms with Crippen LogP contribution in [0.2, 0.25) is 0 Å². The fraction of sp³-hybridized carbons (Fsp3) is 0. The summed E-state index contributed by atoms with van der Waals surface area (Å²) in [5.74, 6) is 0. The highest BCUT2D eigenvalue weighted by Crippen LogP contribution is 2.14. The standard InChI is InChI=1S/C9H5BF3O2/c11-10(12,13)7-2-3-8-6(5-7)1-4-9(14)15-8/h1-5H/q-1. The molecule has 0 saturated heterocycles. The van der Waals surface area contributed by atoms with Gasteiger partial charge in [-0.05, 0) is 12.1 Å². The summed E-state index contributed by atoms with van der Waals surface area (Å²) in [5.41, 5.74) is -1.12. The van der Waals surface area contributed by atoms with E-state index in [1.165, 1.54) is 6.07 Å². The molecular weight excluding hydrogens is 208 g/mol. The van der Waals surface area contributed by atoms with Crippen molar-refractivity contribution in [1.82, 2.24) is 0 Å². The van der Waals surface area contributed by atoms with Gasteiger partial charge in [0.2, 0.25) is 0 Å². The maximum atomic E-state index is 12.4. The maximum absolute atomic E-state index is 12.4. The SMILES string of the molecule is O=c1ccc2cc([B-](F)(F)F)ccc2o1. The molecule has 0 spiro atoms. The second-order valence-electron chi connectivity index (χ2n) is 3.13. The van der Waals surface area contributed by atoms with Crippen LogP contribution in [0, 0.1) is 0 Å². The fourth-order valence-electron chi connectivity index (χ4n) is 1.29. The van der Waals surface area contributed by atoms with E-state index in [1.54, 1.807) is 0 Å². The number of halogens is 3. The van der Waals surface area contributed by atoms with Gasteiger partial charge in [0.15, 0.2) is 0 Å². The average Bonchev–Trinajstić information content (AvgIpc) is 2.15. The van der Waals surface area contributed by atoms with Crippen molar-refractivity contribution >= 4 is 23.4 Å². The minimum absolute atomic E-state index is 0.159. The van der Waals surface area contributed by atoms with Crippen molar-refractivity contribution in [3.8, 4) is 0 Å². The number of benzene rings is 1. The zero-order valence-electron chi connectivity index (χ0n) is 7.41. The van der Waals surface area contributed by atoms with Crippen LogP contribution >= 0.6 is 0 Å². The van der Waals surface area contributed by atoms with Gasteiger partial charge in [-0.15, -0.1) is 5.46 Å². The van der Waals surface area contributed by atoms with Crippen LogP contribution < -0.4 is 11.1 Å². The number of rotatable bonds is 1. The molecule has 2 aromatic rings. The number of hydrogen-bond donors (Lipinski definition) is 0. The first kappa shape index (κ1) is 9.83. The van der Waals surface area contributed by atoms with Gasteiger partial charge in [0.05, 0.1) is 0 Å². The normalized spacial score (nSPS) is 11.9. The van der Waals surface area contributed by atoms with Crippen molar-refractivity contribution < 1.29 is 17.4 Å². The van der Waals surface area contributed by atoms with Crippen molar-refractivity contribution in [1.29, 1.82) is 0 Å². The summed E-state index contributed by atoms with van der Waals surface area (Å²) in [6.45, 7) is -5.01. The third kappa shape index (κ3) is 1.88. The fourth-order valence-corrected chi connectivity index (χ4v) is 1.29. The molecule has 0 bridgehead atoms. The van der Waals surface area contributed by atoms with Crippen LogP contribution in [0.1, 0.15) is 0 Å². The van der Waals surface area contributed by atoms with E-state index in [0.29, 0.717) is 0 Å². The molecule has 1 aromatic carbocycles. The van der Waals surface area contributed by atoms with Crippen LogP contribution in [0.25, 0.3) is 11.0 Å². The maximum Gasteiger partial charge on any atom is 0.509 e. The smallest absolute Gasteiger partial charge is 0.445 e. The Morgan fingerprint density at radius 3 is 2.47 bits per heavy atom. The van der Waals surface area contributed by atoms with E-state index in [1.807, 2.05) is 0 Å². The van der Waals surface area contributed by atoms with Crippen molar-refractivity contribution in [3.63, 3.8) is 0 Å². The monoisotopic (exact) mass is 213 g/mol. The second kappa shape index (κ2) is 3.15. The van der Waals surface area contributed by atoms with Crippen LogP contribution in [-0.2, 0) is 0 Å². The molecule has 0 radical (unpaired) electrons. The molecule has 6 heteroatoms. The molecule has 1 aromatic heterocycles. The molecule has 1 heterocycles. The first-order valence-electron chi connectivity index (χ1n) is 4.20. The van der Waals surface area contributed by atoms with Crippen LogP contribution in [0.5, 0.6) is 0 Å². The molecule has 15 heavy (non-hydrogen) atoms. The van der Waals surface area contributed by atoms with Crippen LogP contribution in [-0.4, -0.2) is 6.98 Å². The predicted molar refractivity (Wildman–Crippen MR) is 51.2 cm³/mol. The predicted octanol–water partition coefficient (Wildman–Crippen LogP) is 1.85. The molecule has 0 N–H and O–H groups in total. The Labute approximate surface area is 82.4 Å². The lowest BCUT2D eigenvalue weighted by Crippen LogP contribution is -2.33. The van der Waals surface area contributed by atoms with Gasteiger partial charge in [-0.1, -0.05) is 12.1 Å². The minimum Gasteiger partial charge on any atom is -0.445 e. The first-order chi connectivity index (χ1) is 6.97. The van der Waals surface area contributed by atoms with Crippen molar-refractivity contribution in [2.45, 2.75) is 0 Å². The molecule has 0 unspecified atom stereocenters. The van der Waals surface area contributed by atoms with Gasteiger partial charge in [-0.3, -0.25) is 0 Å².